The molecule has 2 N–H and O–H groups in total. The van der Waals surface area contributed by atoms with E-state index in [1.807, 2.05) is 0 Å². The quantitative estimate of drug-likeness (QED) is 0.586. The Balaban J connectivity index is 2.01. The van der Waals surface area contributed by atoms with Gasteiger partial charge in [-0.2, -0.15) is 0 Å². The zero-order valence-electron chi connectivity index (χ0n) is 10.2. The van der Waals surface area contributed by atoms with E-state index < -0.39 is 0 Å². The number of benzene rings is 1. The molecule has 0 saturated carbocycles. The molecule has 4 rings (SSSR count). The zero-order chi connectivity index (χ0) is 13.0. The fourth-order valence-electron chi connectivity index (χ4n) is 2.78. The molecule has 0 atom stereocenters. The summed E-state index contributed by atoms with van der Waals surface area (Å²) in [4.78, 5) is 4.77. The standard InChI is InChI=1S/C15H12BrN3/c16-12-3-1-2-10-11(12)7-13-15(10)18-14-6-9(8-17)4-5-19(13)14/h1-6H,7-8,17H2. The van der Waals surface area contributed by atoms with Gasteiger partial charge in [0.05, 0.1) is 11.4 Å². The summed E-state index contributed by atoms with van der Waals surface area (Å²) < 4.78 is 3.33. The SMILES string of the molecule is NCc1ccn2c3c(nc2c1)-c1cccc(Br)c1C3. The van der Waals surface area contributed by atoms with Crippen LogP contribution in [0, 0.1) is 0 Å². The minimum Gasteiger partial charge on any atom is -0.326 e. The van der Waals surface area contributed by atoms with Crippen molar-refractivity contribution in [2.24, 2.45) is 5.73 Å². The molecular weight excluding hydrogens is 302 g/mol. The maximum Gasteiger partial charge on any atom is 0.137 e. The molecule has 1 aliphatic rings. The molecule has 4 heteroatoms. The molecule has 0 radical (unpaired) electrons. The van der Waals surface area contributed by atoms with Gasteiger partial charge in [-0.1, -0.05) is 28.1 Å². The van der Waals surface area contributed by atoms with E-state index in [1.165, 1.54) is 16.8 Å². The van der Waals surface area contributed by atoms with Gasteiger partial charge < -0.3 is 10.1 Å². The Labute approximate surface area is 119 Å². The summed E-state index contributed by atoms with van der Waals surface area (Å²) in [7, 11) is 0. The first-order chi connectivity index (χ1) is 9.28. The summed E-state index contributed by atoms with van der Waals surface area (Å²) in [6.45, 7) is 0.552. The lowest BCUT2D eigenvalue weighted by atomic mass is 10.1. The molecule has 3 nitrogen and oxygen atoms in total. The molecule has 2 aromatic heterocycles. The number of nitrogens with two attached hydrogens (primary N) is 1. The number of aromatic nitrogens is 2. The molecule has 1 aromatic carbocycles. The highest BCUT2D eigenvalue weighted by Crippen LogP contribution is 2.39. The van der Waals surface area contributed by atoms with E-state index in [2.05, 4.69) is 56.9 Å². The van der Waals surface area contributed by atoms with E-state index in [-0.39, 0.29) is 0 Å². The molecule has 0 fully saturated rings. The minimum atomic E-state index is 0.552. The van der Waals surface area contributed by atoms with Crippen molar-refractivity contribution in [1.82, 2.24) is 9.38 Å². The lowest BCUT2D eigenvalue weighted by Crippen LogP contribution is -1.98. The summed E-state index contributed by atoms with van der Waals surface area (Å²) in [6, 6.07) is 10.4. The Bertz CT molecular complexity index is 805. The second kappa shape index (κ2) is 3.92. The predicted molar refractivity (Wildman–Crippen MR) is 79.0 cm³/mol. The monoisotopic (exact) mass is 313 g/mol. The minimum absolute atomic E-state index is 0.552. The van der Waals surface area contributed by atoms with Crippen molar-refractivity contribution < 1.29 is 0 Å². The van der Waals surface area contributed by atoms with Gasteiger partial charge in [-0.15, -0.1) is 0 Å². The van der Waals surface area contributed by atoms with Crippen LogP contribution in [0.15, 0.2) is 41.0 Å². The van der Waals surface area contributed by atoms with Crippen LogP contribution >= 0.6 is 15.9 Å². The second-order valence-corrected chi connectivity index (χ2v) is 5.67. The number of pyridine rings is 1. The molecule has 2 heterocycles. The van der Waals surface area contributed by atoms with Gasteiger partial charge >= 0.3 is 0 Å². The summed E-state index contributed by atoms with van der Waals surface area (Å²) in [6.07, 6.45) is 3.00. The van der Waals surface area contributed by atoms with Crippen LogP contribution in [-0.4, -0.2) is 9.38 Å². The van der Waals surface area contributed by atoms with Gasteiger partial charge in [0.25, 0.3) is 0 Å². The van der Waals surface area contributed by atoms with Crippen molar-refractivity contribution in [3.63, 3.8) is 0 Å². The Hall–Kier alpha value is -1.65. The fraction of sp³-hybridized carbons (Fsp3) is 0.133. The molecule has 1 aliphatic carbocycles. The van der Waals surface area contributed by atoms with Gasteiger partial charge in [0.1, 0.15) is 5.65 Å². The maximum atomic E-state index is 5.69. The molecular formula is C15H12BrN3. The molecule has 0 saturated heterocycles. The van der Waals surface area contributed by atoms with Crippen molar-refractivity contribution in [3.05, 3.63) is 57.8 Å². The lowest BCUT2D eigenvalue weighted by Gasteiger charge is -2.03. The van der Waals surface area contributed by atoms with Crippen molar-refractivity contribution in [2.45, 2.75) is 13.0 Å². The van der Waals surface area contributed by atoms with E-state index in [9.17, 15) is 0 Å². The summed E-state index contributed by atoms with van der Waals surface area (Å²) in [5.74, 6) is 0. The number of halogens is 1. The van der Waals surface area contributed by atoms with Crippen molar-refractivity contribution in [3.8, 4) is 11.3 Å². The fourth-order valence-corrected chi connectivity index (χ4v) is 3.28. The van der Waals surface area contributed by atoms with Crippen LogP contribution in [0.5, 0.6) is 0 Å². The van der Waals surface area contributed by atoms with Gasteiger partial charge in [-0.25, -0.2) is 4.98 Å². The van der Waals surface area contributed by atoms with Crippen molar-refractivity contribution >= 4 is 21.6 Å². The van der Waals surface area contributed by atoms with E-state index in [0.717, 1.165) is 27.8 Å². The number of imidazole rings is 1. The van der Waals surface area contributed by atoms with Crippen LogP contribution in [0.3, 0.4) is 0 Å². The zero-order valence-corrected chi connectivity index (χ0v) is 11.8. The first-order valence-electron chi connectivity index (χ1n) is 6.25. The number of nitrogens with zero attached hydrogens (tertiary/aromatic N) is 2. The summed E-state index contributed by atoms with van der Waals surface area (Å²) >= 11 is 3.62. The molecule has 19 heavy (non-hydrogen) atoms. The van der Waals surface area contributed by atoms with E-state index in [0.29, 0.717) is 6.54 Å². The lowest BCUT2D eigenvalue weighted by molar-refractivity contribution is 1.01. The Kier molecular flexibility index (Phi) is 2.31. The van der Waals surface area contributed by atoms with Crippen LogP contribution in [0.2, 0.25) is 0 Å². The van der Waals surface area contributed by atoms with Crippen LogP contribution in [0.1, 0.15) is 16.8 Å². The number of hydrogen-bond acceptors (Lipinski definition) is 2. The number of fused-ring (bicyclic) bond motifs is 5. The molecule has 0 unspecified atom stereocenters. The maximum absolute atomic E-state index is 5.69. The topological polar surface area (TPSA) is 43.3 Å². The molecule has 94 valence electrons. The first-order valence-corrected chi connectivity index (χ1v) is 7.05. The van der Waals surface area contributed by atoms with Crippen LogP contribution < -0.4 is 5.73 Å². The van der Waals surface area contributed by atoms with Crippen molar-refractivity contribution in [1.29, 1.82) is 0 Å². The van der Waals surface area contributed by atoms with Gasteiger partial charge in [0.2, 0.25) is 0 Å². The predicted octanol–water partition coefficient (Wildman–Crippen LogP) is 3.13. The first kappa shape index (κ1) is 11.2. The second-order valence-electron chi connectivity index (χ2n) is 4.82. The Morgan fingerprint density at radius 1 is 1.32 bits per heavy atom. The molecule has 0 spiro atoms. The third kappa shape index (κ3) is 1.50. The average molecular weight is 314 g/mol. The molecule has 0 amide bonds. The molecule has 3 aromatic rings. The average Bonchev–Trinajstić information content (AvgIpc) is 2.95. The highest BCUT2D eigenvalue weighted by molar-refractivity contribution is 9.10. The summed E-state index contributed by atoms with van der Waals surface area (Å²) in [5, 5.41) is 0. The number of hydrogen-bond donors (Lipinski definition) is 1. The van der Waals surface area contributed by atoms with Gasteiger partial charge in [-0.3, -0.25) is 0 Å². The highest BCUT2D eigenvalue weighted by atomic mass is 79.9. The Morgan fingerprint density at radius 3 is 3.05 bits per heavy atom. The van der Waals surface area contributed by atoms with E-state index in [1.54, 1.807) is 0 Å². The highest BCUT2D eigenvalue weighted by Gasteiger charge is 2.25. The van der Waals surface area contributed by atoms with E-state index in [4.69, 9.17) is 10.7 Å². The van der Waals surface area contributed by atoms with Crippen LogP contribution in [0.25, 0.3) is 16.9 Å². The third-order valence-corrected chi connectivity index (χ3v) is 4.49. The smallest absolute Gasteiger partial charge is 0.137 e. The molecule has 0 bridgehead atoms. The Morgan fingerprint density at radius 2 is 2.21 bits per heavy atom. The van der Waals surface area contributed by atoms with Crippen LogP contribution in [-0.2, 0) is 13.0 Å². The third-order valence-electron chi connectivity index (χ3n) is 3.74. The normalized spacial score (nSPS) is 12.7. The number of rotatable bonds is 1. The largest absolute Gasteiger partial charge is 0.326 e. The van der Waals surface area contributed by atoms with Gasteiger partial charge in [0, 0.05) is 29.2 Å². The van der Waals surface area contributed by atoms with Crippen LogP contribution in [0.4, 0.5) is 0 Å². The molecule has 0 aliphatic heterocycles. The van der Waals surface area contributed by atoms with Gasteiger partial charge in [-0.05, 0) is 29.3 Å². The van der Waals surface area contributed by atoms with E-state index >= 15 is 0 Å². The van der Waals surface area contributed by atoms with Crippen molar-refractivity contribution in [2.75, 3.05) is 0 Å². The van der Waals surface area contributed by atoms with Gasteiger partial charge in [0.15, 0.2) is 0 Å². The summed E-state index contributed by atoms with van der Waals surface area (Å²) in [5.41, 5.74) is 12.7.